The average Bonchev–Trinajstić information content (AvgIpc) is 2.13. The van der Waals surface area contributed by atoms with E-state index in [-0.39, 0.29) is 0 Å². The number of ether oxygens (including phenoxy) is 1. The summed E-state index contributed by atoms with van der Waals surface area (Å²) in [6, 6.07) is 0.350. The Morgan fingerprint density at radius 2 is 1.85 bits per heavy atom. The van der Waals surface area contributed by atoms with Crippen LogP contribution in [-0.2, 0) is 4.74 Å². The normalized spacial score (nSPS) is 13.2. The Kier molecular flexibility index (Phi) is 9.94. The zero-order chi connectivity index (χ0) is 9.94. The molecule has 0 radical (unpaired) electrons. The van der Waals surface area contributed by atoms with Crippen molar-refractivity contribution in [2.24, 2.45) is 5.73 Å². The molecule has 0 bridgehead atoms. The second kappa shape index (κ2) is 10.0. The van der Waals surface area contributed by atoms with Gasteiger partial charge in [-0.15, -0.1) is 0 Å². The van der Waals surface area contributed by atoms with Crippen LogP contribution in [0.1, 0.15) is 52.4 Å². The first-order valence-corrected chi connectivity index (χ1v) is 5.64. The number of rotatable bonds is 9. The fourth-order valence-corrected chi connectivity index (χ4v) is 1.36. The fraction of sp³-hybridized carbons (Fsp3) is 1.00. The number of hydrogen-bond acceptors (Lipinski definition) is 2. The van der Waals surface area contributed by atoms with Crippen LogP contribution in [0.25, 0.3) is 0 Å². The predicted octanol–water partition coefficient (Wildman–Crippen LogP) is 2.71. The highest BCUT2D eigenvalue weighted by Crippen LogP contribution is 2.06. The van der Waals surface area contributed by atoms with E-state index < -0.39 is 0 Å². The van der Waals surface area contributed by atoms with E-state index in [2.05, 4.69) is 6.92 Å². The van der Waals surface area contributed by atoms with Crippen LogP contribution in [0.15, 0.2) is 0 Å². The maximum atomic E-state index is 5.92. The van der Waals surface area contributed by atoms with Gasteiger partial charge in [-0.1, -0.05) is 32.6 Å². The molecule has 0 aromatic carbocycles. The lowest BCUT2D eigenvalue weighted by Crippen LogP contribution is -2.21. The van der Waals surface area contributed by atoms with Crippen molar-refractivity contribution in [1.82, 2.24) is 0 Å². The van der Waals surface area contributed by atoms with Gasteiger partial charge in [0.1, 0.15) is 0 Å². The minimum atomic E-state index is 0.350. The van der Waals surface area contributed by atoms with E-state index in [9.17, 15) is 0 Å². The van der Waals surface area contributed by atoms with Crippen molar-refractivity contribution in [3.8, 4) is 0 Å². The van der Waals surface area contributed by atoms with Gasteiger partial charge in [-0.25, -0.2) is 0 Å². The molecule has 0 heterocycles. The maximum Gasteiger partial charge on any atom is 0.0480 e. The Balaban J connectivity index is 3.05. The standard InChI is InChI=1S/C11H25NO/c1-3-5-6-7-8-11(12)9-10-13-4-2/h11H,3-10,12H2,1-2H3. The number of unbranched alkanes of at least 4 members (excludes halogenated alkanes) is 3. The second-order valence-electron chi connectivity index (χ2n) is 3.60. The smallest absolute Gasteiger partial charge is 0.0480 e. The van der Waals surface area contributed by atoms with Gasteiger partial charge in [0.2, 0.25) is 0 Å². The van der Waals surface area contributed by atoms with Crippen LogP contribution >= 0.6 is 0 Å². The van der Waals surface area contributed by atoms with E-state index in [1.807, 2.05) is 6.92 Å². The summed E-state index contributed by atoms with van der Waals surface area (Å²) in [4.78, 5) is 0. The van der Waals surface area contributed by atoms with Crippen molar-refractivity contribution < 1.29 is 4.74 Å². The average molecular weight is 187 g/mol. The molecule has 2 N–H and O–H groups in total. The van der Waals surface area contributed by atoms with E-state index in [1.165, 1.54) is 25.7 Å². The Morgan fingerprint density at radius 3 is 2.46 bits per heavy atom. The summed E-state index contributed by atoms with van der Waals surface area (Å²) in [5, 5.41) is 0. The molecule has 0 aliphatic rings. The van der Waals surface area contributed by atoms with E-state index in [0.29, 0.717) is 6.04 Å². The van der Waals surface area contributed by atoms with Crippen molar-refractivity contribution in [2.45, 2.75) is 58.4 Å². The minimum Gasteiger partial charge on any atom is -0.382 e. The fourth-order valence-electron chi connectivity index (χ4n) is 1.36. The van der Waals surface area contributed by atoms with Gasteiger partial charge in [-0.2, -0.15) is 0 Å². The molecule has 2 nitrogen and oxygen atoms in total. The van der Waals surface area contributed by atoms with Crippen LogP contribution in [0.3, 0.4) is 0 Å². The summed E-state index contributed by atoms with van der Waals surface area (Å²) < 4.78 is 5.25. The summed E-state index contributed by atoms with van der Waals surface area (Å²) in [6.07, 6.45) is 7.43. The summed E-state index contributed by atoms with van der Waals surface area (Å²) in [7, 11) is 0. The Labute approximate surface area is 82.8 Å². The van der Waals surface area contributed by atoms with Crippen LogP contribution < -0.4 is 5.73 Å². The predicted molar refractivity (Wildman–Crippen MR) is 57.8 cm³/mol. The molecule has 0 aliphatic heterocycles. The van der Waals surface area contributed by atoms with Gasteiger partial charge < -0.3 is 10.5 Å². The molecule has 0 saturated heterocycles. The summed E-state index contributed by atoms with van der Waals surface area (Å²) in [5.74, 6) is 0. The lowest BCUT2D eigenvalue weighted by Gasteiger charge is -2.10. The van der Waals surface area contributed by atoms with Crippen molar-refractivity contribution in [3.05, 3.63) is 0 Å². The summed E-state index contributed by atoms with van der Waals surface area (Å²) >= 11 is 0. The minimum absolute atomic E-state index is 0.350. The number of nitrogens with two attached hydrogens (primary N) is 1. The van der Waals surface area contributed by atoms with Crippen LogP contribution in [0, 0.1) is 0 Å². The highest BCUT2D eigenvalue weighted by molar-refractivity contribution is 4.60. The van der Waals surface area contributed by atoms with Crippen molar-refractivity contribution in [2.75, 3.05) is 13.2 Å². The summed E-state index contributed by atoms with van der Waals surface area (Å²) in [5.41, 5.74) is 5.92. The zero-order valence-corrected chi connectivity index (χ0v) is 9.22. The highest BCUT2D eigenvalue weighted by Gasteiger charge is 2.01. The van der Waals surface area contributed by atoms with Crippen LogP contribution in [0.4, 0.5) is 0 Å². The molecular formula is C11H25NO. The zero-order valence-electron chi connectivity index (χ0n) is 9.22. The molecular weight excluding hydrogens is 162 g/mol. The molecule has 0 aliphatic carbocycles. The van der Waals surface area contributed by atoms with Gasteiger partial charge in [-0.3, -0.25) is 0 Å². The Bertz CT molecular complexity index is 96.1. The van der Waals surface area contributed by atoms with Gasteiger partial charge in [0, 0.05) is 19.3 Å². The molecule has 80 valence electrons. The van der Waals surface area contributed by atoms with E-state index in [4.69, 9.17) is 10.5 Å². The first kappa shape index (κ1) is 12.9. The molecule has 2 heteroatoms. The first-order valence-electron chi connectivity index (χ1n) is 5.64. The lowest BCUT2D eigenvalue weighted by atomic mass is 10.1. The van der Waals surface area contributed by atoms with Crippen molar-refractivity contribution in [3.63, 3.8) is 0 Å². The molecule has 0 spiro atoms. The van der Waals surface area contributed by atoms with Crippen LogP contribution in [-0.4, -0.2) is 19.3 Å². The van der Waals surface area contributed by atoms with Crippen LogP contribution in [0.5, 0.6) is 0 Å². The van der Waals surface area contributed by atoms with Gasteiger partial charge in [0.15, 0.2) is 0 Å². The van der Waals surface area contributed by atoms with Crippen LogP contribution in [0.2, 0.25) is 0 Å². The molecule has 1 unspecified atom stereocenters. The SMILES string of the molecule is CCCCCCC(N)CCOCC. The van der Waals surface area contributed by atoms with Gasteiger partial charge in [0.05, 0.1) is 0 Å². The number of hydrogen-bond donors (Lipinski definition) is 1. The molecule has 0 fully saturated rings. The molecule has 0 aromatic heterocycles. The van der Waals surface area contributed by atoms with Crippen molar-refractivity contribution in [1.29, 1.82) is 0 Å². The van der Waals surface area contributed by atoms with E-state index in [1.54, 1.807) is 0 Å². The maximum absolute atomic E-state index is 5.92. The quantitative estimate of drug-likeness (QED) is 0.563. The molecule has 0 aromatic rings. The molecule has 0 amide bonds. The first-order chi connectivity index (χ1) is 6.31. The summed E-state index contributed by atoms with van der Waals surface area (Å²) in [6.45, 7) is 5.88. The van der Waals surface area contributed by atoms with Gasteiger partial charge in [-0.05, 0) is 19.8 Å². The van der Waals surface area contributed by atoms with Gasteiger partial charge in [0.25, 0.3) is 0 Å². The monoisotopic (exact) mass is 187 g/mol. The topological polar surface area (TPSA) is 35.2 Å². The van der Waals surface area contributed by atoms with E-state index >= 15 is 0 Å². The third-order valence-electron chi connectivity index (χ3n) is 2.27. The lowest BCUT2D eigenvalue weighted by molar-refractivity contribution is 0.139. The third kappa shape index (κ3) is 9.84. The third-order valence-corrected chi connectivity index (χ3v) is 2.27. The van der Waals surface area contributed by atoms with E-state index in [0.717, 1.165) is 26.1 Å². The van der Waals surface area contributed by atoms with Crippen molar-refractivity contribution >= 4 is 0 Å². The highest BCUT2D eigenvalue weighted by atomic mass is 16.5. The Morgan fingerprint density at radius 1 is 1.08 bits per heavy atom. The van der Waals surface area contributed by atoms with Gasteiger partial charge >= 0.3 is 0 Å². The Hall–Kier alpha value is -0.0800. The second-order valence-corrected chi connectivity index (χ2v) is 3.60. The molecule has 13 heavy (non-hydrogen) atoms. The molecule has 0 rings (SSSR count). The largest absolute Gasteiger partial charge is 0.382 e. The molecule has 1 atom stereocenters. The molecule has 0 saturated carbocycles.